The average Bonchev–Trinajstić information content (AvgIpc) is 3.27. The highest BCUT2D eigenvalue weighted by Crippen LogP contribution is 2.38. The lowest BCUT2D eigenvalue weighted by molar-refractivity contribution is 0.700. The average molecular weight is 423 g/mol. The van der Waals surface area contributed by atoms with E-state index >= 15 is 0 Å². The van der Waals surface area contributed by atoms with Crippen molar-refractivity contribution in [2.45, 2.75) is 32.6 Å². The number of para-hydroxylation sites is 1. The largest absolute Gasteiger partial charge is 0.261 e. The van der Waals surface area contributed by atoms with Gasteiger partial charge in [-0.3, -0.25) is 5.43 Å². The Balaban J connectivity index is 1.45. The quantitative estimate of drug-likeness (QED) is 0.364. The van der Waals surface area contributed by atoms with Gasteiger partial charge in [-0.05, 0) is 50.3 Å². The van der Waals surface area contributed by atoms with Crippen molar-refractivity contribution in [2.75, 3.05) is 5.43 Å². The van der Waals surface area contributed by atoms with Crippen LogP contribution in [-0.4, -0.2) is 26.0 Å². The van der Waals surface area contributed by atoms with Crippen LogP contribution in [0.1, 0.15) is 34.5 Å². The number of halogens is 1. The molecule has 4 aromatic rings. The molecule has 3 heterocycles. The van der Waals surface area contributed by atoms with Crippen LogP contribution in [0, 0.1) is 6.92 Å². The van der Waals surface area contributed by atoms with Crippen molar-refractivity contribution in [3.8, 4) is 5.69 Å². The molecule has 5 rings (SSSR count). The van der Waals surface area contributed by atoms with E-state index in [9.17, 15) is 0 Å². The molecule has 0 aliphatic heterocycles. The summed E-state index contributed by atoms with van der Waals surface area (Å²) in [6.07, 6.45) is 7.97. The van der Waals surface area contributed by atoms with Crippen molar-refractivity contribution in [3.05, 3.63) is 63.5 Å². The Hall–Kier alpha value is -2.77. The predicted molar refractivity (Wildman–Crippen MR) is 119 cm³/mol. The van der Waals surface area contributed by atoms with Gasteiger partial charge in [0, 0.05) is 4.88 Å². The van der Waals surface area contributed by atoms with Crippen molar-refractivity contribution in [2.24, 2.45) is 5.10 Å². The number of thiophene rings is 1. The van der Waals surface area contributed by atoms with Gasteiger partial charge in [0.2, 0.25) is 0 Å². The molecule has 0 radical (unpaired) electrons. The van der Waals surface area contributed by atoms with Gasteiger partial charge in [0.25, 0.3) is 0 Å². The first-order valence-corrected chi connectivity index (χ1v) is 10.8. The maximum Gasteiger partial charge on any atom is 0.158 e. The summed E-state index contributed by atoms with van der Waals surface area (Å²) in [6.45, 7) is 1.92. The van der Waals surface area contributed by atoms with Gasteiger partial charge >= 0.3 is 0 Å². The topological polar surface area (TPSA) is 68.0 Å². The normalized spacial score (nSPS) is 13.9. The second-order valence-electron chi connectivity index (χ2n) is 7.02. The molecule has 0 saturated heterocycles. The van der Waals surface area contributed by atoms with E-state index in [1.54, 1.807) is 28.6 Å². The minimum absolute atomic E-state index is 0.528. The van der Waals surface area contributed by atoms with Crippen LogP contribution in [0.5, 0.6) is 0 Å². The number of aromatic nitrogens is 4. The Labute approximate surface area is 177 Å². The highest BCUT2D eigenvalue weighted by molar-refractivity contribution is 7.19. The lowest BCUT2D eigenvalue weighted by Crippen LogP contribution is -2.01. The molecule has 1 aromatic carbocycles. The highest BCUT2D eigenvalue weighted by Gasteiger charge is 2.19. The van der Waals surface area contributed by atoms with E-state index in [1.165, 1.54) is 23.3 Å². The van der Waals surface area contributed by atoms with Crippen LogP contribution in [0.3, 0.4) is 0 Å². The Morgan fingerprint density at radius 1 is 1.17 bits per heavy atom. The van der Waals surface area contributed by atoms with Gasteiger partial charge in [-0.15, -0.1) is 11.3 Å². The molecule has 1 N–H and O–H groups in total. The second kappa shape index (κ2) is 7.57. The van der Waals surface area contributed by atoms with E-state index in [2.05, 4.69) is 25.6 Å². The van der Waals surface area contributed by atoms with Gasteiger partial charge in [0.15, 0.2) is 5.82 Å². The Bertz CT molecular complexity index is 1210. The van der Waals surface area contributed by atoms with E-state index in [1.807, 2.05) is 37.3 Å². The van der Waals surface area contributed by atoms with Crippen molar-refractivity contribution < 1.29 is 0 Å². The van der Waals surface area contributed by atoms with Crippen LogP contribution in [0.2, 0.25) is 5.15 Å². The first kappa shape index (κ1) is 18.3. The summed E-state index contributed by atoms with van der Waals surface area (Å²) in [5.74, 6) is 0.745. The van der Waals surface area contributed by atoms with Gasteiger partial charge in [-0.25, -0.2) is 14.6 Å². The summed E-state index contributed by atoms with van der Waals surface area (Å²) in [5.41, 5.74) is 6.98. The third-order valence-electron chi connectivity index (χ3n) is 5.16. The van der Waals surface area contributed by atoms with Crippen LogP contribution in [0.15, 0.2) is 41.8 Å². The van der Waals surface area contributed by atoms with Crippen molar-refractivity contribution in [1.82, 2.24) is 19.7 Å². The molecule has 0 saturated carbocycles. The second-order valence-corrected chi connectivity index (χ2v) is 8.46. The molecule has 0 unspecified atom stereocenters. The summed E-state index contributed by atoms with van der Waals surface area (Å²) < 4.78 is 1.72. The molecule has 3 aromatic heterocycles. The summed E-state index contributed by atoms with van der Waals surface area (Å²) in [4.78, 5) is 11.3. The lowest BCUT2D eigenvalue weighted by atomic mass is 9.97. The van der Waals surface area contributed by atoms with Gasteiger partial charge in [0.05, 0.1) is 28.5 Å². The molecule has 8 heteroatoms. The van der Waals surface area contributed by atoms with Crippen LogP contribution in [0.4, 0.5) is 5.82 Å². The third-order valence-corrected chi connectivity index (χ3v) is 6.73. The van der Waals surface area contributed by atoms with Gasteiger partial charge in [-0.1, -0.05) is 29.8 Å². The van der Waals surface area contributed by atoms with Crippen LogP contribution in [0.25, 0.3) is 15.9 Å². The molecule has 0 amide bonds. The molecule has 1 aliphatic rings. The molecular formula is C21H19ClN6S. The number of hydrazone groups is 1. The standard InChI is InChI=1S/C21H19ClN6S/c1-13-16(19(22)28(27-13)14-7-3-2-4-8-14)11-25-26-20-18-15-9-5-6-10-17(15)29-21(18)24-12-23-20/h2-4,7-8,11-12H,5-6,9-10H2,1H3,(H,23,24,26). The highest BCUT2D eigenvalue weighted by atomic mass is 35.5. The van der Waals surface area contributed by atoms with Gasteiger partial charge in [-0.2, -0.15) is 10.2 Å². The zero-order valence-electron chi connectivity index (χ0n) is 15.9. The van der Waals surface area contributed by atoms with Crippen LogP contribution >= 0.6 is 22.9 Å². The smallest absolute Gasteiger partial charge is 0.158 e. The molecule has 29 heavy (non-hydrogen) atoms. The first-order chi connectivity index (χ1) is 14.2. The number of aryl methyl sites for hydroxylation is 3. The van der Waals surface area contributed by atoms with Crippen molar-refractivity contribution in [3.63, 3.8) is 0 Å². The maximum atomic E-state index is 6.58. The number of nitrogens with zero attached hydrogens (tertiary/aromatic N) is 5. The molecule has 0 spiro atoms. The van der Waals surface area contributed by atoms with E-state index in [0.29, 0.717) is 5.15 Å². The summed E-state index contributed by atoms with van der Waals surface area (Å²) in [7, 11) is 0. The molecular weight excluding hydrogens is 404 g/mol. The van der Waals surface area contributed by atoms with E-state index in [0.717, 1.165) is 45.8 Å². The molecule has 0 fully saturated rings. The zero-order chi connectivity index (χ0) is 19.8. The Morgan fingerprint density at radius 2 is 2.00 bits per heavy atom. The minimum atomic E-state index is 0.528. The SMILES string of the molecule is Cc1nn(-c2ccccc2)c(Cl)c1C=NNc1ncnc2sc3c(c12)CCCC3. The molecule has 0 atom stereocenters. The van der Waals surface area contributed by atoms with Crippen molar-refractivity contribution in [1.29, 1.82) is 0 Å². The number of benzene rings is 1. The van der Waals surface area contributed by atoms with E-state index < -0.39 is 0 Å². The number of fused-ring (bicyclic) bond motifs is 3. The number of hydrogen-bond acceptors (Lipinski definition) is 6. The fraction of sp³-hybridized carbons (Fsp3) is 0.238. The number of hydrogen-bond donors (Lipinski definition) is 1. The fourth-order valence-corrected chi connectivity index (χ4v) is 5.28. The summed E-state index contributed by atoms with van der Waals surface area (Å²) in [6, 6.07) is 9.81. The number of nitrogens with one attached hydrogen (secondary N) is 1. The fourth-order valence-electron chi connectivity index (χ4n) is 3.73. The zero-order valence-corrected chi connectivity index (χ0v) is 17.5. The Kier molecular flexibility index (Phi) is 4.77. The Morgan fingerprint density at radius 3 is 2.86 bits per heavy atom. The molecule has 0 bridgehead atoms. The monoisotopic (exact) mass is 422 g/mol. The van der Waals surface area contributed by atoms with Crippen molar-refractivity contribution >= 4 is 45.2 Å². The van der Waals surface area contributed by atoms with Gasteiger partial charge in [0.1, 0.15) is 16.3 Å². The maximum absolute atomic E-state index is 6.58. The third kappa shape index (κ3) is 3.30. The lowest BCUT2D eigenvalue weighted by Gasteiger charge is -2.11. The van der Waals surface area contributed by atoms with E-state index in [4.69, 9.17) is 11.6 Å². The first-order valence-electron chi connectivity index (χ1n) is 9.57. The molecule has 146 valence electrons. The summed E-state index contributed by atoms with van der Waals surface area (Å²) in [5, 5.41) is 10.6. The number of rotatable bonds is 4. The minimum Gasteiger partial charge on any atom is -0.261 e. The molecule has 1 aliphatic carbocycles. The van der Waals surface area contributed by atoms with Crippen LogP contribution in [-0.2, 0) is 12.8 Å². The predicted octanol–water partition coefficient (Wildman–Crippen LogP) is 5.16. The summed E-state index contributed by atoms with van der Waals surface area (Å²) >= 11 is 8.35. The number of anilines is 1. The molecule has 6 nitrogen and oxygen atoms in total. The van der Waals surface area contributed by atoms with E-state index in [-0.39, 0.29) is 0 Å². The van der Waals surface area contributed by atoms with Gasteiger partial charge < -0.3 is 0 Å². The van der Waals surface area contributed by atoms with Crippen LogP contribution < -0.4 is 5.43 Å².